The fourth-order valence-corrected chi connectivity index (χ4v) is 3.83. The Balaban J connectivity index is 1.66. The van der Waals surface area contributed by atoms with Crippen LogP contribution in [0.2, 0.25) is 0 Å². The van der Waals surface area contributed by atoms with Crippen LogP contribution in [0.3, 0.4) is 0 Å². The van der Waals surface area contributed by atoms with Crippen LogP contribution < -0.4 is 10.1 Å². The van der Waals surface area contributed by atoms with Gasteiger partial charge in [-0.2, -0.15) is 0 Å². The molecule has 2 aliphatic heterocycles. The lowest BCUT2D eigenvalue weighted by atomic mass is 9.87. The molecule has 3 rings (SSSR count). The molecule has 0 bridgehead atoms. The summed E-state index contributed by atoms with van der Waals surface area (Å²) in [6.07, 6.45) is 2.36. The third-order valence-electron chi connectivity index (χ3n) is 5.21. The number of hydrogen-bond acceptors (Lipinski definition) is 3. The molecule has 2 aliphatic rings. The molecule has 0 aromatic heterocycles. The number of ether oxygens (including phenoxy) is 2. The molecule has 1 unspecified atom stereocenters. The lowest BCUT2D eigenvalue weighted by molar-refractivity contribution is 0.129. The van der Waals surface area contributed by atoms with Gasteiger partial charge in [-0.15, -0.1) is 0 Å². The predicted molar refractivity (Wildman–Crippen MR) is 106 cm³/mol. The maximum atomic E-state index is 6.17. The highest BCUT2D eigenvalue weighted by atomic mass is 16.5. The predicted octanol–water partition coefficient (Wildman–Crippen LogP) is 3.36. The summed E-state index contributed by atoms with van der Waals surface area (Å²) >= 11 is 0. The van der Waals surface area contributed by atoms with Gasteiger partial charge in [0.05, 0.1) is 6.61 Å². The van der Waals surface area contributed by atoms with E-state index in [1.165, 1.54) is 18.4 Å². The summed E-state index contributed by atoms with van der Waals surface area (Å²) in [5, 5.41) is 3.53. The fourth-order valence-electron chi connectivity index (χ4n) is 3.83. The lowest BCUT2D eigenvalue weighted by Crippen LogP contribution is -2.41. The van der Waals surface area contributed by atoms with Gasteiger partial charge in [-0.3, -0.25) is 4.99 Å². The van der Waals surface area contributed by atoms with Gasteiger partial charge >= 0.3 is 0 Å². The number of hydrogen-bond donors (Lipinski definition) is 1. The molecule has 1 N–H and O–H groups in total. The number of aliphatic imine (C=N–C) groups is 1. The molecule has 0 amide bonds. The van der Waals surface area contributed by atoms with E-state index in [0.29, 0.717) is 12.0 Å². The summed E-state index contributed by atoms with van der Waals surface area (Å²) in [7, 11) is 1.86. The average Bonchev–Trinajstić information content (AvgIpc) is 3.19. The van der Waals surface area contributed by atoms with E-state index in [0.717, 1.165) is 43.6 Å². The number of benzene rings is 1. The second-order valence-corrected chi connectivity index (χ2v) is 8.70. The van der Waals surface area contributed by atoms with Crippen molar-refractivity contribution in [3.05, 3.63) is 29.3 Å². The maximum Gasteiger partial charge on any atom is 0.193 e. The van der Waals surface area contributed by atoms with Gasteiger partial charge in [0.1, 0.15) is 11.4 Å². The summed E-state index contributed by atoms with van der Waals surface area (Å²) in [6, 6.07) is 6.40. The van der Waals surface area contributed by atoms with Crippen molar-refractivity contribution in [2.45, 2.75) is 52.7 Å². The first kappa shape index (κ1) is 19.0. The first-order valence-electron chi connectivity index (χ1n) is 9.62. The molecule has 1 atom stereocenters. The number of nitrogens with zero attached hydrogens (tertiary/aromatic N) is 2. The Bertz CT molecular complexity index is 658. The van der Waals surface area contributed by atoms with Crippen molar-refractivity contribution < 1.29 is 9.47 Å². The minimum Gasteiger partial charge on any atom is -0.488 e. The van der Waals surface area contributed by atoms with Gasteiger partial charge < -0.3 is 19.7 Å². The molecule has 0 radical (unpaired) electrons. The maximum absolute atomic E-state index is 6.17. The van der Waals surface area contributed by atoms with E-state index in [1.54, 1.807) is 0 Å². The summed E-state index contributed by atoms with van der Waals surface area (Å²) in [5.41, 5.74) is 2.49. The Morgan fingerprint density at radius 1 is 1.35 bits per heavy atom. The average molecular weight is 360 g/mol. The molecule has 2 fully saturated rings. The SMILES string of the molecule is CN=C(NCc1ccc(C)cc1OC(C)(C)C)N1CCC2(CCOC2)C1. The molecule has 5 heteroatoms. The molecule has 144 valence electrons. The lowest BCUT2D eigenvalue weighted by Gasteiger charge is -2.26. The highest BCUT2D eigenvalue weighted by Gasteiger charge is 2.42. The molecule has 1 aromatic rings. The van der Waals surface area contributed by atoms with Crippen LogP contribution >= 0.6 is 0 Å². The van der Waals surface area contributed by atoms with E-state index in [-0.39, 0.29) is 5.60 Å². The van der Waals surface area contributed by atoms with Crippen molar-refractivity contribution in [3.63, 3.8) is 0 Å². The Labute approximate surface area is 157 Å². The normalized spacial score (nSPS) is 23.7. The van der Waals surface area contributed by atoms with Gasteiger partial charge in [-0.05, 0) is 52.2 Å². The highest BCUT2D eigenvalue weighted by molar-refractivity contribution is 5.80. The smallest absolute Gasteiger partial charge is 0.193 e. The molecule has 1 spiro atoms. The molecular formula is C21H33N3O2. The van der Waals surface area contributed by atoms with Gasteiger partial charge in [0.25, 0.3) is 0 Å². The molecule has 2 heterocycles. The topological polar surface area (TPSA) is 46.1 Å². The van der Waals surface area contributed by atoms with Crippen LogP contribution in [0.5, 0.6) is 5.75 Å². The molecule has 2 saturated heterocycles. The van der Waals surface area contributed by atoms with E-state index >= 15 is 0 Å². The van der Waals surface area contributed by atoms with Gasteiger partial charge in [-0.1, -0.05) is 12.1 Å². The van der Waals surface area contributed by atoms with Crippen molar-refractivity contribution in [1.29, 1.82) is 0 Å². The van der Waals surface area contributed by atoms with E-state index in [1.807, 2.05) is 7.05 Å². The fraction of sp³-hybridized carbons (Fsp3) is 0.667. The number of guanidine groups is 1. The third kappa shape index (κ3) is 4.50. The van der Waals surface area contributed by atoms with Gasteiger partial charge in [0, 0.05) is 44.3 Å². The van der Waals surface area contributed by atoms with Gasteiger partial charge in [0.15, 0.2) is 5.96 Å². The Kier molecular flexibility index (Phi) is 5.47. The Morgan fingerprint density at radius 2 is 2.15 bits per heavy atom. The van der Waals surface area contributed by atoms with Gasteiger partial charge in [-0.25, -0.2) is 0 Å². The Morgan fingerprint density at radius 3 is 2.81 bits per heavy atom. The van der Waals surface area contributed by atoms with Crippen LogP contribution in [0.15, 0.2) is 23.2 Å². The Hall–Kier alpha value is -1.75. The highest BCUT2D eigenvalue weighted by Crippen LogP contribution is 2.38. The van der Waals surface area contributed by atoms with Crippen molar-refractivity contribution in [1.82, 2.24) is 10.2 Å². The van der Waals surface area contributed by atoms with Crippen molar-refractivity contribution >= 4 is 5.96 Å². The van der Waals surface area contributed by atoms with Crippen LogP contribution in [0, 0.1) is 12.3 Å². The van der Waals surface area contributed by atoms with E-state index in [9.17, 15) is 0 Å². The molecule has 5 nitrogen and oxygen atoms in total. The van der Waals surface area contributed by atoms with E-state index in [2.05, 4.69) is 61.1 Å². The zero-order valence-corrected chi connectivity index (χ0v) is 16.9. The van der Waals surface area contributed by atoms with Crippen molar-refractivity contribution in [2.24, 2.45) is 10.4 Å². The number of likely N-dealkylation sites (tertiary alicyclic amines) is 1. The minimum absolute atomic E-state index is 0.214. The zero-order chi connectivity index (χ0) is 18.8. The standard InChI is InChI=1S/C21H33N3O2/c1-16-6-7-17(18(12-16)26-20(2,3)4)13-23-19(22-5)24-10-8-21(14-24)9-11-25-15-21/h6-7,12H,8-11,13-15H2,1-5H3,(H,22,23). The quantitative estimate of drug-likeness (QED) is 0.664. The summed E-state index contributed by atoms with van der Waals surface area (Å²) in [5.74, 6) is 1.92. The van der Waals surface area contributed by atoms with E-state index < -0.39 is 0 Å². The van der Waals surface area contributed by atoms with Crippen LogP contribution in [0.4, 0.5) is 0 Å². The molecule has 1 aromatic carbocycles. The van der Waals surface area contributed by atoms with Crippen LogP contribution in [0.25, 0.3) is 0 Å². The van der Waals surface area contributed by atoms with Gasteiger partial charge in [0.2, 0.25) is 0 Å². The first-order valence-corrected chi connectivity index (χ1v) is 9.62. The monoisotopic (exact) mass is 359 g/mol. The number of rotatable bonds is 3. The van der Waals surface area contributed by atoms with Crippen LogP contribution in [-0.2, 0) is 11.3 Å². The number of aryl methyl sites for hydroxylation is 1. The molecule has 26 heavy (non-hydrogen) atoms. The van der Waals surface area contributed by atoms with Crippen LogP contribution in [-0.4, -0.2) is 49.8 Å². The molecule has 0 saturated carbocycles. The largest absolute Gasteiger partial charge is 0.488 e. The van der Waals surface area contributed by atoms with Crippen molar-refractivity contribution in [2.75, 3.05) is 33.4 Å². The summed E-state index contributed by atoms with van der Waals surface area (Å²) < 4.78 is 11.8. The van der Waals surface area contributed by atoms with Crippen LogP contribution in [0.1, 0.15) is 44.7 Å². The molecule has 0 aliphatic carbocycles. The minimum atomic E-state index is -0.214. The second-order valence-electron chi connectivity index (χ2n) is 8.70. The molecular weight excluding hydrogens is 326 g/mol. The van der Waals surface area contributed by atoms with Crippen molar-refractivity contribution in [3.8, 4) is 5.75 Å². The third-order valence-corrected chi connectivity index (χ3v) is 5.21. The second kappa shape index (κ2) is 7.47. The van der Waals surface area contributed by atoms with E-state index in [4.69, 9.17) is 9.47 Å². The zero-order valence-electron chi connectivity index (χ0n) is 16.9. The first-order chi connectivity index (χ1) is 12.3. The number of nitrogens with one attached hydrogen (secondary N) is 1. The summed E-state index contributed by atoms with van der Waals surface area (Å²) in [6.45, 7) is 12.9. The summed E-state index contributed by atoms with van der Waals surface area (Å²) in [4.78, 5) is 6.88.